The fraction of sp³-hybridized carbons (Fsp3) is 0.385. The molecule has 18 heavy (non-hydrogen) atoms. The molecule has 1 aromatic rings. The summed E-state index contributed by atoms with van der Waals surface area (Å²) in [6, 6.07) is 6.94. The highest BCUT2D eigenvalue weighted by Crippen LogP contribution is 2.13. The van der Waals surface area contributed by atoms with E-state index in [0.29, 0.717) is 24.4 Å². The van der Waals surface area contributed by atoms with Crippen molar-refractivity contribution in [3.63, 3.8) is 0 Å². The minimum absolute atomic E-state index is 0.0388. The Bertz CT molecular complexity index is 401. The van der Waals surface area contributed by atoms with Crippen LogP contribution in [0.1, 0.15) is 20.3 Å². The SMILES string of the molecule is CCOCC(=O)Nc1ccc(NC(=O)CC)cc1. The molecule has 0 spiro atoms. The van der Waals surface area contributed by atoms with Gasteiger partial charge in [-0.3, -0.25) is 9.59 Å². The molecule has 2 amide bonds. The van der Waals surface area contributed by atoms with E-state index in [-0.39, 0.29) is 18.4 Å². The van der Waals surface area contributed by atoms with Gasteiger partial charge in [-0.25, -0.2) is 0 Å². The first-order chi connectivity index (χ1) is 8.65. The van der Waals surface area contributed by atoms with Crippen LogP contribution in [0.15, 0.2) is 24.3 Å². The highest BCUT2D eigenvalue weighted by Gasteiger charge is 2.02. The average molecular weight is 250 g/mol. The molecule has 5 nitrogen and oxygen atoms in total. The molecule has 0 aliphatic heterocycles. The van der Waals surface area contributed by atoms with E-state index in [4.69, 9.17) is 4.74 Å². The molecule has 0 heterocycles. The van der Waals surface area contributed by atoms with Crippen LogP contribution in [-0.4, -0.2) is 25.0 Å². The number of amides is 2. The predicted molar refractivity (Wildman–Crippen MR) is 70.5 cm³/mol. The molecule has 0 radical (unpaired) electrons. The zero-order valence-electron chi connectivity index (χ0n) is 10.7. The summed E-state index contributed by atoms with van der Waals surface area (Å²) in [7, 11) is 0. The molecular weight excluding hydrogens is 232 g/mol. The summed E-state index contributed by atoms with van der Waals surface area (Å²) in [6.07, 6.45) is 0.437. The first-order valence-electron chi connectivity index (χ1n) is 5.93. The van der Waals surface area contributed by atoms with Crippen molar-refractivity contribution in [3.8, 4) is 0 Å². The third kappa shape index (κ3) is 4.97. The van der Waals surface area contributed by atoms with Crippen molar-refractivity contribution >= 4 is 23.2 Å². The number of benzene rings is 1. The zero-order chi connectivity index (χ0) is 13.4. The molecule has 1 rings (SSSR count). The van der Waals surface area contributed by atoms with Gasteiger partial charge in [-0.1, -0.05) is 6.92 Å². The molecular formula is C13H18N2O3. The van der Waals surface area contributed by atoms with Crippen molar-refractivity contribution in [2.75, 3.05) is 23.8 Å². The van der Waals surface area contributed by atoms with Crippen LogP contribution in [0.25, 0.3) is 0 Å². The quantitative estimate of drug-likeness (QED) is 0.811. The number of ether oxygens (including phenoxy) is 1. The molecule has 0 fully saturated rings. The lowest BCUT2D eigenvalue weighted by molar-refractivity contribution is -0.120. The van der Waals surface area contributed by atoms with Gasteiger partial charge < -0.3 is 15.4 Å². The summed E-state index contributed by atoms with van der Waals surface area (Å²) >= 11 is 0. The van der Waals surface area contributed by atoms with Gasteiger partial charge in [-0.2, -0.15) is 0 Å². The molecule has 0 bridgehead atoms. The summed E-state index contributed by atoms with van der Waals surface area (Å²) in [6.45, 7) is 4.18. The zero-order valence-corrected chi connectivity index (χ0v) is 10.7. The molecule has 2 N–H and O–H groups in total. The second-order valence-electron chi connectivity index (χ2n) is 3.66. The monoisotopic (exact) mass is 250 g/mol. The fourth-order valence-electron chi connectivity index (χ4n) is 1.28. The number of hydrogen-bond acceptors (Lipinski definition) is 3. The summed E-state index contributed by atoms with van der Waals surface area (Å²) in [5.74, 6) is -0.231. The van der Waals surface area contributed by atoms with Crippen molar-refractivity contribution in [2.45, 2.75) is 20.3 Å². The maximum absolute atomic E-state index is 11.4. The Kier molecular flexibility index (Phi) is 5.87. The summed E-state index contributed by atoms with van der Waals surface area (Å²) in [5, 5.41) is 5.42. The second-order valence-corrected chi connectivity index (χ2v) is 3.66. The number of nitrogens with one attached hydrogen (secondary N) is 2. The van der Waals surface area contributed by atoms with Gasteiger partial charge in [-0.15, -0.1) is 0 Å². The van der Waals surface area contributed by atoms with E-state index in [1.807, 2.05) is 6.92 Å². The Hall–Kier alpha value is -1.88. The molecule has 1 aromatic carbocycles. The van der Waals surface area contributed by atoms with Crippen molar-refractivity contribution < 1.29 is 14.3 Å². The predicted octanol–water partition coefficient (Wildman–Crippen LogP) is 2.01. The number of carbonyl (C=O) groups excluding carboxylic acids is 2. The minimum atomic E-state index is -0.192. The largest absolute Gasteiger partial charge is 0.372 e. The number of carbonyl (C=O) groups is 2. The standard InChI is InChI=1S/C13H18N2O3/c1-3-12(16)14-10-5-7-11(8-6-10)15-13(17)9-18-4-2/h5-8H,3-4,9H2,1-2H3,(H,14,16)(H,15,17). The molecule has 0 atom stereocenters. The highest BCUT2D eigenvalue weighted by atomic mass is 16.5. The van der Waals surface area contributed by atoms with Gasteiger partial charge >= 0.3 is 0 Å². The minimum Gasteiger partial charge on any atom is -0.372 e. The third-order valence-corrected chi connectivity index (χ3v) is 2.21. The van der Waals surface area contributed by atoms with Crippen LogP contribution in [-0.2, 0) is 14.3 Å². The molecule has 0 aliphatic carbocycles. The van der Waals surface area contributed by atoms with Crippen LogP contribution < -0.4 is 10.6 Å². The van der Waals surface area contributed by atoms with Crippen molar-refractivity contribution in [2.24, 2.45) is 0 Å². The second kappa shape index (κ2) is 7.45. The van der Waals surface area contributed by atoms with Gasteiger partial charge in [0.2, 0.25) is 11.8 Å². The van der Waals surface area contributed by atoms with Crippen LogP contribution in [0.2, 0.25) is 0 Å². The van der Waals surface area contributed by atoms with E-state index >= 15 is 0 Å². The Morgan fingerprint density at radius 1 is 1.00 bits per heavy atom. The van der Waals surface area contributed by atoms with Gasteiger partial charge in [0.15, 0.2) is 0 Å². The van der Waals surface area contributed by atoms with E-state index in [2.05, 4.69) is 10.6 Å². The Balaban J connectivity index is 2.49. The lowest BCUT2D eigenvalue weighted by Crippen LogP contribution is -2.18. The molecule has 0 saturated carbocycles. The first kappa shape index (κ1) is 14.2. The third-order valence-electron chi connectivity index (χ3n) is 2.21. The van der Waals surface area contributed by atoms with Gasteiger partial charge in [0.1, 0.15) is 6.61 Å². The average Bonchev–Trinajstić information content (AvgIpc) is 2.38. The highest BCUT2D eigenvalue weighted by molar-refractivity contribution is 5.93. The maximum atomic E-state index is 11.4. The molecule has 0 unspecified atom stereocenters. The molecule has 0 saturated heterocycles. The molecule has 0 aromatic heterocycles. The summed E-state index contributed by atoms with van der Waals surface area (Å²) in [4.78, 5) is 22.5. The number of anilines is 2. The number of hydrogen-bond donors (Lipinski definition) is 2. The van der Waals surface area contributed by atoms with Gasteiger partial charge in [-0.05, 0) is 31.2 Å². The van der Waals surface area contributed by atoms with Crippen LogP contribution in [0, 0.1) is 0 Å². The van der Waals surface area contributed by atoms with E-state index in [1.54, 1.807) is 31.2 Å². The fourth-order valence-corrected chi connectivity index (χ4v) is 1.28. The van der Waals surface area contributed by atoms with Gasteiger partial charge in [0.05, 0.1) is 0 Å². The Morgan fingerprint density at radius 2 is 1.50 bits per heavy atom. The molecule has 5 heteroatoms. The lowest BCUT2D eigenvalue weighted by atomic mass is 10.2. The van der Waals surface area contributed by atoms with E-state index < -0.39 is 0 Å². The van der Waals surface area contributed by atoms with Crippen molar-refractivity contribution in [3.05, 3.63) is 24.3 Å². The normalized spacial score (nSPS) is 9.89. The topological polar surface area (TPSA) is 67.4 Å². The summed E-state index contributed by atoms with van der Waals surface area (Å²) in [5.41, 5.74) is 1.39. The molecule has 98 valence electrons. The van der Waals surface area contributed by atoms with Crippen LogP contribution in [0.3, 0.4) is 0 Å². The molecule has 0 aliphatic rings. The lowest BCUT2D eigenvalue weighted by Gasteiger charge is -2.07. The van der Waals surface area contributed by atoms with Crippen LogP contribution >= 0.6 is 0 Å². The van der Waals surface area contributed by atoms with Crippen LogP contribution in [0.4, 0.5) is 11.4 Å². The smallest absolute Gasteiger partial charge is 0.250 e. The van der Waals surface area contributed by atoms with E-state index in [0.717, 1.165) is 0 Å². The maximum Gasteiger partial charge on any atom is 0.250 e. The van der Waals surface area contributed by atoms with Crippen molar-refractivity contribution in [1.82, 2.24) is 0 Å². The van der Waals surface area contributed by atoms with E-state index in [9.17, 15) is 9.59 Å². The Morgan fingerprint density at radius 3 is 1.94 bits per heavy atom. The Labute approximate surface area is 107 Å². The van der Waals surface area contributed by atoms with Gasteiger partial charge in [0, 0.05) is 24.4 Å². The number of rotatable bonds is 6. The first-order valence-corrected chi connectivity index (χ1v) is 5.93. The summed E-state index contributed by atoms with van der Waals surface area (Å²) < 4.78 is 4.99. The van der Waals surface area contributed by atoms with Gasteiger partial charge in [0.25, 0.3) is 0 Å². The van der Waals surface area contributed by atoms with Crippen LogP contribution in [0.5, 0.6) is 0 Å². The van der Waals surface area contributed by atoms with Crippen molar-refractivity contribution in [1.29, 1.82) is 0 Å². The van der Waals surface area contributed by atoms with E-state index in [1.165, 1.54) is 0 Å².